The first-order valence-corrected chi connectivity index (χ1v) is 14.7. The van der Waals surface area contributed by atoms with Gasteiger partial charge in [-0.15, -0.1) is 0 Å². The molecule has 0 saturated carbocycles. The summed E-state index contributed by atoms with van der Waals surface area (Å²) in [5.41, 5.74) is 6.65. The second-order valence-electron chi connectivity index (χ2n) is 11.1. The number of para-hydroxylation sites is 1. The lowest BCUT2D eigenvalue weighted by Gasteiger charge is -2.42. The van der Waals surface area contributed by atoms with Crippen LogP contribution in [0.5, 0.6) is 11.5 Å². The van der Waals surface area contributed by atoms with Crippen molar-refractivity contribution in [2.75, 3.05) is 45.0 Å². The van der Waals surface area contributed by atoms with Gasteiger partial charge in [0.25, 0.3) is 5.91 Å². The van der Waals surface area contributed by atoms with E-state index in [-0.39, 0.29) is 30.2 Å². The second kappa shape index (κ2) is 13.1. The average molecular weight is 596 g/mol. The van der Waals surface area contributed by atoms with Gasteiger partial charge in [0.15, 0.2) is 11.5 Å². The van der Waals surface area contributed by atoms with E-state index in [1.54, 1.807) is 30.3 Å². The van der Waals surface area contributed by atoms with Crippen molar-refractivity contribution in [3.05, 3.63) is 83.1 Å². The molecule has 0 bridgehead atoms. The molecule has 2 aromatic heterocycles. The molecule has 0 unspecified atom stereocenters. The van der Waals surface area contributed by atoms with Crippen LogP contribution >= 0.6 is 0 Å². The van der Waals surface area contributed by atoms with Crippen LogP contribution in [-0.4, -0.2) is 79.6 Å². The van der Waals surface area contributed by atoms with Crippen molar-refractivity contribution in [3.63, 3.8) is 0 Å². The van der Waals surface area contributed by atoms with E-state index in [1.807, 2.05) is 44.2 Å². The van der Waals surface area contributed by atoms with Crippen LogP contribution < -0.4 is 21.5 Å². The Morgan fingerprint density at radius 3 is 2.41 bits per heavy atom. The standard InChI is InChI=1S/C32H37N9O3/c1-4-38-16-18-39(19-17-38)32(2,3)20-23(21-33)30(42)35-14-15-40-29-27(28(34)36-22-37-29)41(31(40)43)24-10-12-26(13-11-24)44-25-8-6-5-7-9-25/h5-13,20,22H,4,14-19H2,1-3H3,(H,35,42)(H2,34,36,37). The molecule has 0 atom stereocenters. The van der Waals surface area contributed by atoms with Crippen LogP contribution in [-0.2, 0) is 11.3 Å². The molecule has 3 heterocycles. The van der Waals surface area contributed by atoms with Gasteiger partial charge in [-0.25, -0.2) is 14.8 Å². The summed E-state index contributed by atoms with van der Waals surface area (Å²) < 4.78 is 8.76. The van der Waals surface area contributed by atoms with Crippen molar-refractivity contribution >= 4 is 22.9 Å². The molecular formula is C32H37N9O3. The van der Waals surface area contributed by atoms with Gasteiger partial charge >= 0.3 is 5.69 Å². The first-order valence-electron chi connectivity index (χ1n) is 14.7. The van der Waals surface area contributed by atoms with Gasteiger partial charge in [0.1, 0.15) is 35.0 Å². The first-order chi connectivity index (χ1) is 21.2. The number of nitrogens with zero attached hydrogens (tertiary/aromatic N) is 7. The number of nitrogens with two attached hydrogens (primary N) is 1. The lowest BCUT2D eigenvalue weighted by molar-refractivity contribution is -0.117. The number of hydrogen-bond acceptors (Lipinski definition) is 9. The number of anilines is 1. The Morgan fingerprint density at radius 1 is 1.07 bits per heavy atom. The van der Waals surface area contributed by atoms with Crippen molar-refractivity contribution in [1.29, 1.82) is 5.26 Å². The largest absolute Gasteiger partial charge is 0.457 e. The van der Waals surface area contributed by atoms with E-state index in [0.29, 0.717) is 28.4 Å². The number of piperazine rings is 1. The zero-order chi connectivity index (χ0) is 31.3. The molecule has 4 aromatic rings. The molecule has 1 aliphatic heterocycles. The number of benzene rings is 2. The van der Waals surface area contributed by atoms with Gasteiger partial charge < -0.3 is 20.7 Å². The summed E-state index contributed by atoms with van der Waals surface area (Å²) in [6, 6.07) is 18.5. The highest BCUT2D eigenvalue weighted by Crippen LogP contribution is 2.25. The number of nitrogens with one attached hydrogen (secondary N) is 1. The number of likely N-dealkylation sites (N-methyl/N-ethyl adjacent to an activating group) is 1. The van der Waals surface area contributed by atoms with E-state index in [1.165, 1.54) is 15.5 Å². The average Bonchev–Trinajstić information content (AvgIpc) is 3.32. The van der Waals surface area contributed by atoms with Crippen LogP contribution in [0, 0.1) is 11.3 Å². The van der Waals surface area contributed by atoms with Gasteiger partial charge in [-0.3, -0.25) is 18.8 Å². The van der Waals surface area contributed by atoms with Crippen molar-refractivity contribution in [1.82, 2.24) is 34.2 Å². The number of fused-ring (bicyclic) bond motifs is 1. The minimum absolute atomic E-state index is 0.0343. The van der Waals surface area contributed by atoms with E-state index < -0.39 is 11.4 Å². The topological polar surface area (TPSA) is 147 Å². The van der Waals surface area contributed by atoms with Crippen LogP contribution in [0.4, 0.5) is 5.82 Å². The van der Waals surface area contributed by atoms with E-state index in [4.69, 9.17) is 10.5 Å². The highest BCUT2D eigenvalue weighted by molar-refractivity contribution is 5.97. The summed E-state index contributed by atoms with van der Waals surface area (Å²) in [6.07, 6.45) is 3.02. The predicted octanol–water partition coefficient (Wildman–Crippen LogP) is 2.94. The van der Waals surface area contributed by atoms with Gasteiger partial charge in [-0.2, -0.15) is 5.26 Å². The van der Waals surface area contributed by atoms with Gasteiger partial charge in [0.05, 0.1) is 5.69 Å². The first kappa shape index (κ1) is 30.5. The fourth-order valence-corrected chi connectivity index (χ4v) is 5.44. The summed E-state index contributed by atoms with van der Waals surface area (Å²) in [7, 11) is 0. The molecule has 1 aliphatic rings. The van der Waals surface area contributed by atoms with E-state index in [9.17, 15) is 14.9 Å². The van der Waals surface area contributed by atoms with E-state index >= 15 is 0 Å². The van der Waals surface area contributed by atoms with Crippen molar-refractivity contribution < 1.29 is 9.53 Å². The molecule has 0 aliphatic carbocycles. The molecule has 0 spiro atoms. The number of rotatable bonds is 10. The van der Waals surface area contributed by atoms with Crippen LogP contribution in [0.2, 0.25) is 0 Å². The number of ether oxygens (including phenoxy) is 1. The van der Waals surface area contributed by atoms with Crippen molar-refractivity contribution in [3.8, 4) is 23.3 Å². The van der Waals surface area contributed by atoms with Crippen LogP contribution in [0.25, 0.3) is 16.9 Å². The highest BCUT2D eigenvalue weighted by atomic mass is 16.5. The van der Waals surface area contributed by atoms with Crippen LogP contribution in [0.1, 0.15) is 20.8 Å². The highest BCUT2D eigenvalue weighted by Gasteiger charge is 2.29. The third-order valence-corrected chi connectivity index (χ3v) is 7.92. The second-order valence-corrected chi connectivity index (χ2v) is 11.1. The number of carbonyl (C=O) groups is 1. The minimum Gasteiger partial charge on any atom is -0.457 e. The maximum Gasteiger partial charge on any atom is 0.335 e. The third kappa shape index (κ3) is 6.49. The zero-order valence-corrected chi connectivity index (χ0v) is 25.2. The SMILES string of the molecule is CCN1CCN(C(C)(C)C=C(C#N)C(=O)NCCn2c(=O)n(-c3ccc(Oc4ccccc4)cc3)c3c(N)ncnc32)CC1. The molecule has 44 heavy (non-hydrogen) atoms. The number of nitrogen functional groups attached to an aromatic ring is 1. The molecule has 12 nitrogen and oxygen atoms in total. The van der Waals surface area contributed by atoms with E-state index in [2.05, 4.69) is 38.1 Å². The summed E-state index contributed by atoms with van der Waals surface area (Å²) in [5, 5.41) is 12.6. The molecule has 1 saturated heterocycles. The molecule has 5 rings (SSSR count). The normalized spacial score (nSPS) is 14.8. The number of amides is 1. The fraction of sp³-hybridized carbons (Fsp3) is 0.344. The predicted molar refractivity (Wildman–Crippen MR) is 169 cm³/mol. The number of aromatic nitrogens is 4. The number of hydrogen-bond donors (Lipinski definition) is 2. The van der Waals surface area contributed by atoms with E-state index in [0.717, 1.165) is 32.7 Å². The Hall–Kier alpha value is -4.99. The quantitative estimate of drug-likeness (QED) is 0.209. The Morgan fingerprint density at radius 2 is 1.75 bits per heavy atom. The van der Waals surface area contributed by atoms with Gasteiger partial charge in [-0.05, 0) is 62.9 Å². The monoisotopic (exact) mass is 595 g/mol. The van der Waals surface area contributed by atoms with Crippen molar-refractivity contribution in [2.24, 2.45) is 0 Å². The van der Waals surface area contributed by atoms with Gasteiger partial charge in [0.2, 0.25) is 0 Å². The molecule has 228 valence electrons. The minimum atomic E-state index is -0.493. The number of imidazole rings is 1. The Kier molecular flexibility index (Phi) is 9.08. The molecule has 1 fully saturated rings. The number of nitriles is 1. The maximum atomic E-state index is 13.7. The fourth-order valence-electron chi connectivity index (χ4n) is 5.44. The molecular weight excluding hydrogens is 558 g/mol. The van der Waals surface area contributed by atoms with Crippen molar-refractivity contribution in [2.45, 2.75) is 32.9 Å². The molecule has 3 N–H and O–H groups in total. The molecule has 12 heteroatoms. The van der Waals surface area contributed by atoms with Gasteiger partial charge in [0, 0.05) is 44.8 Å². The molecule has 2 aromatic carbocycles. The Bertz CT molecular complexity index is 1740. The zero-order valence-electron chi connectivity index (χ0n) is 25.2. The smallest absolute Gasteiger partial charge is 0.335 e. The summed E-state index contributed by atoms with van der Waals surface area (Å²) in [6.45, 7) is 11.0. The molecule has 0 radical (unpaired) electrons. The summed E-state index contributed by atoms with van der Waals surface area (Å²) in [5.74, 6) is 0.960. The number of carbonyl (C=O) groups excluding carboxylic acids is 1. The summed E-state index contributed by atoms with van der Waals surface area (Å²) in [4.78, 5) is 39.8. The lowest BCUT2D eigenvalue weighted by atomic mass is 9.97. The molecule has 1 amide bonds. The summed E-state index contributed by atoms with van der Waals surface area (Å²) >= 11 is 0. The Balaban J connectivity index is 1.32. The Labute approximate surface area is 256 Å². The van der Waals surface area contributed by atoms with Gasteiger partial charge in [-0.1, -0.05) is 25.1 Å². The van der Waals surface area contributed by atoms with Crippen LogP contribution in [0.15, 0.2) is 77.4 Å². The van der Waals surface area contributed by atoms with Crippen LogP contribution in [0.3, 0.4) is 0 Å². The third-order valence-electron chi connectivity index (χ3n) is 7.92. The lowest BCUT2D eigenvalue weighted by Crippen LogP contribution is -2.54. The maximum absolute atomic E-state index is 13.7.